The number of halogens is 4. The molecule has 8 heteroatoms. The summed E-state index contributed by atoms with van der Waals surface area (Å²) in [7, 11) is 0. The van der Waals surface area contributed by atoms with Gasteiger partial charge in [-0.25, -0.2) is 0 Å². The van der Waals surface area contributed by atoms with E-state index in [9.17, 15) is 18.0 Å². The van der Waals surface area contributed by atoms with Crippen molar-refractivity contribution in [2.24, 2.45) is 0 Å². The van der Waals surface area contributed by atoms with E-state index in [0.717, 1.165) is 5.56 Å². The first kappa shape index (κ1) is 20.1. The van der Waals surface area contributed by atoms with Gasteiger partial charge >= 0.3 is 6.18 Å². The van der Waals surface area contributed by atoms with E-state index in [1.165, 1.54) is 0 Å². The topological polar surface area (TPSA) is 47.6 Å². The van der Waals surface area contributed by atoms with Gasteiger partial charge in [0.05, 0.1) is 12.2 Å². The predicted octanol–water partition coefficient (Wildman–Crippen LogP) is 4.23. The van der Waals surface area contributed by atoms with Gasteiger partial charge in [-0.3, -0.25) is 4.79 Å². The highest BCUT2D eigenvalue weighted by molar-refractivity contribution is 6.30. The van der Waals surface area contributed by atoms with Crippen molar-refractivity contribution >= 4 is 17.5 Å². The molecule has 0 saturated heterocycles. The lowest BCUT2D eigenvalue weighted by Crippen LogP contribution is -2.29. The Kier molecular flexibility index (Phi) is 7.29. The zero-order valence-electron chi connectivity index (χ0n) is 13.7. The molecule has 0 heterocycles. The number of benzene rings is 2. The second kappa shape index (κ2) is 9.45. The van der Waals surface area contributed by atoms with Gasteiger partial charge in [-0.1, -0.05) is 35.9 Å². The second-order valence-corrected chi connectivity index (χ2v) is 5.77. The van der Waals surface area contributed by atoms with Crippen LogP contribution in [0, 0.1) is 0 Å². The fraction of sp³-hybridized carbons (Fsp3) is 0.278. The lowest BCUT2D eigenvalue weighted by Gasteiger charge is -2.12. The van der Waals surface area contributed by atoms with E-state index < -0.39 is 18.7 Å². The summed E-state index contributed by atoms with van der Waals surface area (Å²) in [6.45, 7) is -1.38. The van der Waals surface area contributed by atoms with Crippen LogP contribution in [-0.4, -0.2) is 31.8 Å². The number of rotatable bonds is 8. The number of ether oxygens (including phenoxy) is 2. The molecule has 0 unspecified atom stereocenters. The van der Waals surface area contributed by atoms with Crippen LogP contribution in [0.15, 0.2) is 48.5 Å². The number of hydrogen-bond acceptors (Lipinski definition) is 3. The van der Waals surface area contributed by atoms with Crippen molar-refractivity contribution in [3.05, 3.63) is 64.7 Å². The van der Waals surface area contributed by atoms with Crippen molar-refractivity contribution in [3.8, 4) is 5.75 Å². The van der Waals surface area contributed by atoms with Crippen LogP contribution >= 0.6 is 11.6 Å². The SMILES string of the molecule is O=C(NCCOCC(F)(F)F)c1ccccc1OCc1ccc(Cl)cc1. The van der Waals surface area contributed by atoms with Gasteiger partial charge in [0, 0.05) is 11.6 Å². The van der Waals surface area contributed by atoms with E-state index in [4.69, 9.17) is 16.3 Å². The third kappa shape index (κ3) is 6.93. The Balaban J connectivity index is 1.86. The highest BCUT2D eigenvalue weighted by atomic mass is 35.5. The quantitative estimate of drug-likeness (QED) is 0.690. The Morgan fingerprint density at radius 3 is 2.46 bits per heavy atom. The van der Waals surface area contributed by atoms with E-state index in [2.05, 4.69) is 10.1 Å². The summed E-state index contributed by atoms with van der Waals surface area (Å²) in [6.07, 6.45) is -4.38. The van der Waals surface area contributed by atoms with Crippen molar-refractivity contribution in [1.29, 1.82) is 0 Å². The summed E-state index contributed by atoms with van der Waals surface area (Å²) in [5, 5.41) is 3.11. The van der Waals surface area contributed by atoms with Crippen LogP contribution in [0.4, 0.5) is 13.2 Å². The van der Waals surface area contributed by atoms with Gasteiger partial charge in [0.25, 0.3) is 5.91 Å². The van der Waals surface area contributed by atoms with Crippen LogP contribution in [0.25, 0.3) is 0 Å². The highest BCUT2D eigenvalue weighted by Crippen LogP contribution is 2.20. The van der Waals surface area contributed by atoms with E-state index in [0.29, 0.717) is 10.8 Å². The second-order valence-electron chi connectivity index (χ2n) is 5.33. The van der Waals surface area contributed by atoms with Crippen molar-refractivity contribution in [2.75, 3.05) is 19.8 Å². The first-order chi connectivity index (χ1) is 12.3. The third-order valence-corrected chi connectivity index (χ3v) is 3.49. The molecule has 0 aliphatic carbocycles. The minimum absolute atomic E-state index is 0.0412. The van der Waals surface area contributed by atoms with Crippen LogP contribution in [-0.2, 0) is 11.3 Å². The molecular weight excluding hydrogens is 371 g/mol. The molecule has 0 saturated carbocycles. The van der Waals surface area contributed by atoms with Gasteiger partial charge in [-0.2, -0.15) is 13.2 Å². The summed E-state index contributed by atoms with van der Waals surface area (Å²) in [5.74, 6) is -0.0801. The van der Waals surface area contributed by atoms with Gasteiger partial charge in [0.1, 0.15) is 19.0 Å². The van der Waals surface area contributed by atoms with Crippen LogP contribution in [0.3, 0.4) is 0 Å². The zero-order chi connectivity index (χ0) is 19.0. The molecule has 1 amide bonds. The number of para-hydroxylation sites is 1. The summed E-state index contributed by atoms with van der Waals surface area (Å²) in [4.78, 5) is 12.2. The molecule has 140 valence electrons. The van der Waals surface area contributed by atoms with Gasteiger partial charge in [-0.15, -0.1) is 0 Å². The molecule has 2 aromatic rings. The summed E-state index contributed by atoms with van der Waals surface area (Å²) < 4.78 is 46.0. The molecule has 2 aromatic carbocycles. The molecule has 26 heavy (non-hydrogen) atoms. The van der Waals surface area contributed by atoms with Crippen LogP contribution in [0.1, 0.15) is 15.9 Å². The van der Waals surface area contributed by atoms with E-state index in [1.807, 2.05) is 12.1 Å². The Labute approximate surface area is 153 Å². The Bertz CT molecular complexity index is 720. The number of carbonyl (C=O) groups excluding carboxylic acids is 1. The molecular formula is C18H17ClF3NO3. The minimum atomic E-state index is -4.38. The standard InChI is InChI=1S/C18H17ClF3NO3/c19-14-7-5-13(6-8-14)11-26-16-4-2-1-3-15(16)17(24)23-9-10-25-12-18(20,21)22/h1-8H,9-12H2,(H,23,24). The largest absolute Gasteiger partial charge is 0.488 e. The average Bonchev–Trinajstić information content (AvgIpc) is 2.60. The molecule has 0 radical (unpaired) electrons. The maximum atomic E-state index is 12.2. The van der Waals surface area contributed by atoms with Crippen molar-refractivity contribution in [2.45, 2.75) is 12.8 Å². The lowest BCUT2D eigenvalue weighted by molar-refractivity contribution is -0.173. The third-order valence-electron chi connectivity index (χ3n) is 3.24. The zero-order valence-corrected chi connectivity index (χ0v) is 14.4. The fourth-order valence-electron chi connectivity index (χ4n) is 2.04. The van der Waals surface area contributed by atoms with Crippen molar-refractivity contribution in [3.63, 3.8) is 0 Å². The Morgan fingerprint density at radius 2 is 1.77 bits per heavy atom. The van der Waals surface area contributed by atoms with Crippen molar-refractivity contribution in [1.82, 2.24) is 5.32 Å². The van der Waals surface area contributed by atoms with Gasteiger partial charge in [0.2, 0.25) is 0 Å². The molecule has 4 nitrogen and oxygen atoms in total. The number of amides is 1. The number of carbonyl (C=O) groups is 1. The molecule has 0 aliphatic rings. The van der Waals surface area contributed by atoms with Crippen LogP contribution in [0.5, 0.6) is 5.75 Å². The maximum absolute atomic E-state index is 12.2. The predicted molar refractivity (Wildman–Crippen MR) is 91.4 cm³/mol. The Hall–Kier alpha value is -2.25. The number of alkyl halides is 3. The molecule has 0 aromatic heterocycles. The van der Waals surface area contributed by atoms with E-state index >= 15 is 0 Å². The lowest BCUT2D eigenvalue weighted by atomic mass is 10.2. The Morgan fingerprint density at radius 1 is 1.08 bits per heavy atom. The molecule has 0 fully saturated rings. The smallest absolute Gasteiger partial charge is 0.411 e. The molecule has 0 atom stereocenters. The molecule has 0 aliphatic heterocycles. The summed E-state index contributed by atoms with van der Waals surface area (Å²) >= 11 is 5.83. The summed E-state index contributed by atoms with van der Waals surface area (Å²) in [6, 6.07) is 13.7. The van der Waals surface area contributed by atoms with E-state index in [-0.39, 0.29) is 25.3 Å². The summed E-state index contributed by atoms with van der Waals surface area (Å²) in [5.41, 5.74) is 1.17. The van der Waals surface area contributed by atoms with Gasteiger partial charge < -0.3 is 14.8 Å². The molecule has 1 N–H and O–H groups in total. The van der Waals surface area contributed by atoms with E-state index in [1.54, 1.807) is 36.4 Å². The van der Waals surface area contributed by atoms with Gasteiger partial charge in [0.15, 0.2) is 0 Å². The maximum Gasteiger partial charge on any atom is 0.411 e. The molecule has 0 spiro atoms. The highest BCUT2D eigenvalue weighted by Gasteiger charge is 2.27. The fourth-order valence-corrected chi connectivity index (χ4v) is 2.17. The van der Waals surface area contributed by atoms with Crippen LogP contribution in [0.2, 0.25) is 5.02 Å². The molecule has 0 bridgehead atoms. The van der Waals surface area contributed by atoms with Gasteiger partial charge in [-0.05, 0) is 29.8 Å². The minimum Gasteiger partial charge on any atom is -0.488 e. The first-order valence-electron chi connectivity index (χ1n) is 7.74. The molecule has 2 rings (SSSR count). The average molecular weight is 388 g/mol. The first-order valence-corrected chi connectivity index (χ1v) is 8.12. The van der Waals surface area contributed by atoms with Crippen LogP contribution < -0.4 is 10.1 Å². The normalized spacial score (nSPS) is 11.2. The van der Waals surface area contributed by atoms with Crippen molar-refractivity contribution < 1.29 is 27.4 Å². The number of nitrogens with one attached hydrogen (secondary N) is 1. The number of hydrogen-bond donors (Lipinski definition) is 1. The monoisotopic (exact) mass is 387 g/mol.